The first-order valence-corrected chi connectivity index (χ1v) is 11.7. The van der Waals surface area contributed by atoms with Crippen molar-refractivity contribution in [3.05, 3.63) is 65.2 Å². The van der Waals surface area contributed by atoms with E-state index in [0.717, 1.165) is 13.1 Å². The standard InChI is InChI=1S/C21H26ClN3O3S/c22-18-8-4-5-9-21(18)29(27,28)25-12-10-24(11-13-25)19-15-23(16-20(19)26)14-17-6-2-1-3-7-17/h1-9,19-20,26H,10-16H2/t19-,20-/m0/s1. The van der Waals surface area contributed by atoms with Crippen molar-refractivity contribution in [1.82, 2.24) is 14.1 Å². The van der Waals surface area contributed by atoms with Gasteiger partial charge in [0.15, 0.2) is 0 Å². The number of aliphatic hydroxyl groups is 1. The van der Waals surface area contributed by atoms with Crippen molar-refractivity contribution in [2.45, 2.75) is 23.6 Å². The largest absolute Gasteiger partial charge is 0.390 e. The van der Waals surface area contributed by atoms with Gasteiger partial charge in [-0.2, -0.15) is 4.31 Å². The number of hydrogen-bond donors (Lipinski definition) is 1. The highest BCUT2D eigenvalue weighted by atomic mass is 35.5. The molecular formula is C21H26ClN3O3S. The van der Waals surface area contributed by atoms with Crippen LogP contribution < -0.4 is 0 Å². The van der Waals surface area contributed by atoms with Crippen LogP contribution in [0.2, 0.25) is 5.02 Å². The van der Waals surface area contributed by atoms with Crippen LogP contribution in [0.5, 0.6) is 0 Å². The van der Waals surface area contributed by atoms with Gasteiger partial charge in [0.1, 0.15) is 4.90 Å². The minimum absolute atomic E-state index is 0.0314. The van der Waals surface area contributed by atoms with E-state index >= 15 is 0 Å². The van der Waals surface area contributed by atoms with Gasteiger partial charge in [-0.1, -0.05) is 54.1 Å². The molecule has 0 amide bonds. The second-order valence-corrected chi connectivity index (χ2v) is 10.00. The first-order valence-electron chi connectivity index (χ1n) is 9.88. The molecule has 0 radical (unpaired) electrons. The Morgan fingerprint density at radius 3 is 2.28 bits per heavy atom. The molecule has 2 aromatic carbocycles. The summed E-state index contributed by atoms with van der Waals surface area (Å²) in [6, 6.07) is 16.8. The molecule has 2 aliphatic heterocycles. The molecule has 2 aromatic rings. The third kappa shape index (κ3) is 4.50. The molecule has 0 bridgehead atoms. The Morgan fingerprint density at radius 1 is 0.931 bits per heavy atom. The summed E-state index contributed by atoms with van der Waals surface area (Å²) in [6.45, 7) is 4.24. The summed E-state index contributed by atoms with van der Waals surface area (Å²) in [5.74, 6) is 0. The lowest BCUT2D eigenvalue weighted by Crippen LogP contribution is -2.54. The van der Waals surface area contributed by atoms with Crippen molar-refractivity contribution in [3.63, 3.8) is 0 Å². The zero-order chi connectivity index (χ0) is 20.4. The van der Waals surface area contributed by atoms with E-state index in [1.807, 2.05) is 18.2 Å². The third-order valence-electron chi connectivity index (χ3n) is 5.78. The van der Waals surface area contributed by atoms with Gasteiger partial charge in [0, 0.05) is 51.9 Å². The van der Waals surface area contributed by atoms with Gasteiger partial charge in [-0.15, -0.1) is 0 Å². The van der Waals surface area contributed by atoms with Crippen molar-refractivity contribution in [2.75, 3.05) is 39.3 Å². The molecule has 0 aliphatic carbocycles. The summed E-state index contributed by atoms with van der Waals surface area (Å²) < 4.78 is 27.3. The van der Waals surface area contributed by atoms with Crippen molar-refractivity contribution in [2.24, 2.45) is 0 Å². The molecule has 1 N–H and O–H groups in total. The fourth-order valence-corrected chi connectivity index (χ4v) is 6.16. The summed E-state index contributed by atoms with van der Waals surface area (Å²) in [5, 5.41) is 10.8. The minimum atomic E-state index is -3.60. The molecule has 4 rings (SSSR count). The number of β-amino-alcohol motifs (C(OH)–C–C–N with tert-alkyl or cyclic N) is 1. The van der Waals surface area contributed by atoms with Crippen LogP contribution >= 0.6 is 11.6 Å². The number of likely N-dealkylation sites (tertiary alicyclic amines) is 1. The second kappa shape index (κ2) is 8.71. The van der Waals surface area contributed by atoms with Gasteiger partial charge in [0.25, 0.3) is 0 Å². The fraction of sp³-hybridized carbons (Fsp3) is 0.429. The number of nitrogens with zero attached hydrogens (tertiary/aromatic N) is 3. The first-order chi connectivity index (χ1) is 13.9. The summed E-state index contributed by atoms with van der Waals surface area (Å²) in [5.41, 5.74) is 1.23. The molecule has 0 spiro atoms. The molecule has 2 saturated heterocycles. The predicted molar refractivity (Wildman–Crippen MR) is 113 cm³/mol. The quantitative estimate of drug-likeness (QED) is 0.777. The molecule has 2 atom stereocenters. The SMILES string of the molecule is O=S(=O)(c1ccccc1Cl)N1CCN([C@H]2CN(Cc3ccccc3)C[C@@H]2O)CC1. The topological polar surface area (TPSA) is 64.1 Å². The van der Waals surface area contributed by atoms with Crippen LogP contribution in [0.25, 0.3) is 0 Å². The highest BCUT2D eigenvalue weighted by molar-refractivity contribution is 7.89. The first kappa shape index (κ1) is 20.8. The molecule has 0 aromatic heterocycles. The average molecular weight is 436 g/mol. The van der Waals surface area contributed by atoms with Crippen LogP contribution in [0, 0.1) is 0 Å². The summed E-state index contributed by atoms with van der Waals surface area (Å²) in [4.78, 5) is 4.64. The smallest absolute Gasteiger partial charge is 0.244 e. The van der Waals surface area contributed by atoms with Crippen molar-refractivity contribution in [1.29, 1.82) is 0 Å². The maximum Gasteiger partial charge on any atom is 0.244 e. The van der Waals surface area contributed by atoms with Gasteiger partial charge in [0.2, 0.25) is 10.0 Å². The zero-order valence-corrected chi connectivity index (χ0v) is 17.8. The van der Waals surface area contributed by atoms with E-state index in [2.05, 4.69) is 21.9 Å². The number of benzene rings is 2. The normalized spacial score (nSPS) is 24.8. The summed E-state index contributed by atoms with van der Waals surface area (Å²) in [6.07, 6.45) is -0.426. The Balaban J connectivity index is 1.36. The molecule has 29 heavy (non-hydrogen) atoms. The molecule has 2 heterocycles. The van der Waals surface area contributed by atoms with Gasteiger partial charge in [-0.25, -0.2) is 8.42 Å². The van der Waals surface area contributed by atoms with Crippen molar-refractivity contribution < 1.29 is 13.5 Å². The Morgan fingerprint density at radius 2 is 1.59 bits per heavy atom. The Hall–Kier alpha value is -1.48. The highest BCUT2D eigenvalue weighted by Gasteiger charge is 2.38. The lowest BCUT2D eigenvalue weighted by Gasteiger charge is -2.38. The van der Waals surface area contributed by atoms with Gasteiger partial charge in [-0.3, -0.25) is 9.80 Å². The third-order valence-corrected chi connectivity index (χ3v) is 8.18. The minimum Gasteiger partial charge on any atom is -0.390 e. The monoisotopic (exact) mass is 435 g/mol. The van der Waals surface area contributed by atoms with E-state index in [0.29, 0.717) is 32.7 Å². The predicted octanol–water partition coefficient (Wildman–Crippen LogP) is 1.89. The Bertz CT molecular complexity index is 933. The second-order valence-electron chi connectivity index (χ2n) is 7.68. The van der Waals surface area contributed by atoms with Crippen molar-refractivity contribution in [3.8, 4) is 0 Å². The van der Waals surface area contributed by atoms with Crippen LogP contribution in [0.3, 0.4) is 0 Å². The number of halogens is 1. The average Bonchev–Trinajstić information content (AvgIpc) is 3.09. The van der Waals surface area contributed by atoms with Crippen LogP contribution in [-0.4, -0.2) is 79.0 Å². The summed E-state index contributed by atoms with van der Waals surface area (Å²) >= 11 is 6.11. The molecule has 6 nitrogen and oxygen atoms in total. The number of aliphatic hydroxyl groups excluding tert-OH is 1. The Kier molecular flexibility index (Phi) is 6.24. The lowest BCUT2D eigenvalue weighted by molar-refractivity contribution is 0.0618. The number of rotatable bonds is 5. The van der Waals surface area contributed by atoms with Crippen LogP contribution in [0.15, 0.2) is 59.5 Å². The van der Waals surface area contributed by atoms with E-state index in [9.17, 15) is 13.5 Å². The van der Waals surface area contributed by atoms with Gasteiger partial charge >= 0.3 is 0 Å². The summed E-state index contributed by atoms with van der Waals surface area (Å²) in [7, 11) is -3.60. The molecular weight excluding hydrogens is 410 g/mol. The Labute approximate surface area is 177 Å². The van der Waals surface area contributed by atoms with E-state index in [1.165, 1.54) is 9.87 Å². The van der Waals surface area contributed by atoms with E-state index in [-0.39, 0.29) is 16.0 Å². The van der Waals surface area contributed by atoms with Crippen LogP contribution in [-0.2, 0) is 16.6 Å². The van der Waals surface area contributed by atoms with Crippen molar-refractivity contribution >= 4 is 21.6 Å². The highest BCUT2D eigenvalue weighted by Crippen LogP contribution is 2.26. The van der Waals surface area contributed by atoms with Crippen LogP contribution in [0.1, 0.15) is 5.56 Å². The van der Waals surface area contributed by atoms with E-state index in [1.54, 1.807) is 24.3 Å². The molecule has 0 unspecified atom stereocenters. The zero-order valence-electron chi connectivity index (χ0n) is 16.2. The maximum atomic E-state index is 12.9. The molecule has 2 aliphatic rings. The number of sulfonamides is 1. The number of piperazine rings is 1. The maximum absolute atomic E-state index is 12.9. The molecule has 0 saturated carbocycles. The number of hydrogen-bond acceptors (Lipinski definition) is 5. The lowest BCUT2D eigenvalue weighted by atomic mass is 10.1. The van der Waals surface area contributed by atoms with E-state index < -0.39 is 16.1 Å². The fourth-order valence-electron chi connectivity index (χ4n) is 4.25. The van der Waals surface area contributed by atoms with E-state index in [4.69, 9.17) is 11.6 Å². The van der Waals surface area contributed by atoms with Gasteiger partial charge < -0.3 is 5.11 Å². The molecule has 2 fully saturated rings. The van der Waals surface area contributed by atoms with Gasteiger partial charge in [-0.05, 0) is 17.7 Å². The molecule has 8 heteroatoms. The van der Waals surface area contributed by atoms with Gasteiger partial charge in [0.05, 0.1) is 11.1 Å². The molecule has 156 valence electrons. The van der Waals surface area contributed by atoms with Crippen LogP contribution in [0.4, 0.5) is 0 Å².